The Hall–Kier alpha value is -2.98. The molecule has 2 aromatic carbocycles. The second-order valence-corrected chi connectivity index (χ2v) is 6.36. The van der Waals surface area contributed by atoms with E-state index in [0.717, 1.165) is 5.56 Å². The molecule has 0 saturated heterocycles. The van der Waals surface area contributed by atoms with Gasteiger partial charge in [-0.05, 0) is 47.5 Å². The van der Waals surface area contributed by atoms with E-state index < -0.39 is 0 Å². The summed E-state index contributed by atoms with van der Waals surface area (Å²) in [6, 6.07) is 16.6. The zero-order valence-corrected chi connectivity index (χ0v) is 14.0. The van der Waals surface area contributed by atoms with Crippen molar-refractivity contribution in [2.75, 3.05) is 0 Å². The van der Waals surface area contributed by atoms with E-state index in [1.54, 1.807) is 18.2 Å². The van der Waals surface area contributed by atoms with Gasteiger partial charge in [-0.1, -0.05) is 29.8 Å². The summed E-state index contributed by atoms with van der Waals surface area (Å²) in [5, 5.41) is 11.7. The molecule has 4 rings (SSSR count). The van der Waals surface area contributed by atoms with Crippen LogP contribution in [0.3, 0.4) is 0 Å². The van der Waals surface area contributed by atoms with E-state index in [1.807, 2.05) is 53.4 Å². The summed E-state index contributed by atoms with van der Waals surface area (Å²) in [5.74, 6) is -0.0338. The molecule has 0 unspecified atom stereocenters. The minimum Gasteiger partial charge on any atom is -0.506 e. The number of hydrogen-bond donors (Lipinski definition) is 2. The molecule has 0 aliphatic heterocycles. The Morgan fingerprint density at radius 1 is 1.04 bits per heavy atom. The third-order valence-corrected chi connectivity index (χ3v) is 4.43. The van der Waals surface area contributed by atoms with Crippen molar-refractivity contribution in [2.24, 2.45) is 0 Å². The number of nitrogens with one attached hydrogen (secondary N) is 1. The zero-order valence-electron chi connectivity index (χ0n) is 13.2. The van der Waals surface area contributed by atoms with Crippen LogP contribution in [0.25, 0.3) is 22.0 Å². The molecular formula is C20H15ClN2O2. The number of fused-ring (bicyclic) bond motifs is 1. The van der Waals surface area contributed by atoms with E-state index in [0.29, 0.717) is 28.0 Å². The molecule has 124 valence electrons. The van der Waals surface area contributed by atoms with Crippen molar-refractivity contribution in [1.82, 2.24) is 9.55 Å². The summed E-state index contributed by atoms with van der Waals surface area (Å²) in [6.45, 7) is 0.697. The van der Waals surface area contributed by atoms with Crippen LogP contribution in [0.1, 0.15) is 5.56 Å². The highest BCUT2D eigenvalue weighted by Crippen LogP contribution is 2.33. The van der Waals surface area contributed by atoms with Gasteiger partial charge in [0.1, 0.15) is 5.75 Å². The molecule has 0 atom stereocenters. The van der Waals surface area contributed by atoms with Crippen molar-refractivity contribution in [3.63, 3.8) is 0 Å². The maximum atomic E-state index is 12.5. The van der Waals surface area contributed by atoms with Crippen LogP contribution >= 0.6 is 11.6 Å². The first-order chi connectivity index (χ1) is 12.1. The fraction of sp³-hybridized carbons (Fsp3) is 0.0500. The van der Waals surface area contributed by atoms with Crippen molar-refractivity contribution in [3.05, 3.63) is 87.9 Å². The Kier molecular flexibility index (Phi) is 3.82. The summed E-state index contributed by atoms with van der Waals surface area (Å²) >= 11 is 5.96. The third-order valence-electron chi connectivity index (χ3n) is 4.20. The summed E-state index contributed by atoms with van der Waals surface area (Å²) in [7, 11) is 0. The number of nitrogens with zero attached hydrogens (tertiary/aromatic N) is 1. The number of H-pyrrole nitrogens is 1. The average molecular weight is 351 g/mol. The van der Waals surface area contributed by atoms with Gasteiger partial charge in [-0.15, -0.1) is 0 Å². The van der Waals surface area contributed by atoms with Gasteiger partial charge in [-0.3, -0.25) is 4.79 Å². The molecule has 0 bridgehead atoms. The standard InChI is InChI=1S/C20H15ClN2O2/c21-15-6-7-16-17(11-15)22-20(25)18(19(16)24)14-5-3-4-13(10-14)12-23-8-1-2-9-23/h1-11H,12H2,(H2,22,24,25). The highest BCUT2D eigenvalue weighted by Gasteiger charge is 2.14. The Labute approximate surface area is 148 Å². The Morgan fingerprint density at radius 2 is 1.84 bits per heavy atom. The van der Waals surface area contributed by atoms with Crippen LogP contribution in [0.4, 0.5) is 0 Å². The van der Waals surface area contributed by atoms with Crippen molar-refractivity contribution in [2.45, 2.75) is 6.54 Å². The maximum Gasteiger partial charge on any atom is 0.260 e. The van der Waals surface area contributed by atoms with Gasteiger partial charge in [0.2, 0.25) is 0 Å². The van der Waals surface area contributed by atoms with E-state index in [9.17, 15) is 9.90 Å². The lowest BCUT2D eigenvalue weighted by Crippen LogP contribution is -2.09. The van der Waals surface area contributed by atoms with Crippen molar-refractivity contribution >= 4 is 22.5 Å². The van der Waals surface area contributed by atoms with E-state index in [4.69, 9.17) is 11.6 Å². The number of halogens is 1. The number of aromatic amines is 1. The predicted molar refractivity (Wildman–Crippen MR) is 100 cm³/mol. The second-order valence-electron chi connectivity index (χ2n) is 5.92. The predicted octanol–water partition coefficient (Wildman–Crippen LogP) is 4.40. The van der Waals surface area contributed by atoms with Crippen LogP contribution in [0.2, 0.25) is 5.02 Å². The van der Waals surface area contributed by atoms with Gasteiger partial charge in [0.25, 0.3) is 5.56 Å². The summed E-state index contributed by atoms with van der Waals surface area (Å²) in [4.78, 5) is 15.3. The summed E-state index contributed by atoms with van der Waals surface area (Å²) in [5.41, 5.74) is 2.17. The van der Waals surface area contributed by atoms with Crippen molar-refractivity contribution in [1.29, 1.82) is 0 Å². The number of hydrogen-bond acceptors (Lipinski definition) is 2. The smallest absolute Gasteiger partial charge is 0.260 e. The molecule has 4 nitrogen and oxygen atoms in total. The zero-order chi connectivity index (χ0) is 17.4. The van der Waals surface area contributed by atoms with Crippen LogP contribution in [-0.4, -0.2) is 14.7 Å². The number of rotatable bonds is 3. The van der Waals surface area contributed by atoms with E-state index in [2.05, 4.69) is 4.98 Å². The maximum absolute atomic E-state index is 12.5. The summed E-state index contributed by atoms with van der Waals surface area (Å²) in [6.07, 6.45) is 3.97. The van der Waals surface area contributed by atoms with Crippen LogP contribution in [0.5, 0.6) is 5.75 Å². The average Bonchev–Trinajstić information content (AvgIpc) is 3.08. The summed E-state index contributed by atoms with van der Waals surface area (Å²) < 4.78 is 2.05. The largest absolute Gasteiger partial charge is 0.506 e. The van der Waals surface area contributed by atoms with Gasteiger partial charge in [-0.25, -0.2) is 0 Å². The van der Waals surface area contributed by atoms with Gasteiger partial charge >= 0.3 is 0 Å². The highest BCUT2D eigenvalue weighted by atomic mass is 35.5. The Balaban J connectivity index is 1.84. The Morgan fingerprint density at radius 3 is 2.64 bits per heavy atom. The molecular weight excluding hydrogens is 336 g/mol. The molecule has 0 amide bonds. The molecule has 4 aromatic rings. The Bertz CT molecular complexity index is 1110. The molecule has 2 aromatic heterocycles. The molecule has 5 heteroatoms. The van der Waals surface area contributed by atoms with Crippen LogP contribution in [-0.2, 0) is 6.54 Å². The SMILES string of the molecule is O=c1[nH]c2cc(Cl)ccc2c(O)c1-c1cccc(Cn2cccc2)c1. The monoisotopic (exact) mass is 350 g/mol. The number of aromatic nitrogens is 2. The number of aromatic hydroxyl groups is 1. The molecule has 25 heavy (non-hydrogen) atoms. The molecule has 0 aliphatic carbocycles. The first-order valence-electron chi connectivity index (χ1n) is 7.86. The molecule has 0 fully saturated rings. The van der Waals surface area contributed by atoms with Gasteiger partial charge < -0.3 is 14.7 Å². The van der Waals surface area contributed by atoms with E-state index in [-0.39, 0.29) is 16.9 Å². The van der Waals surface area contributed by atoms with Crippen molar-refractivity contribution in [3.8, 4) is 16.9 Å². The number of benzene rings is 2. The molecule has 0 aliphatic rings. The van der Waals surface area contributed by atoms with Crippen LogP contribution in [0, 0.1) is 0 Å². The lowest BCUT2D eigenvalue weighted by atomic mass is 10.0. The number of pyridine rings is 1. The van der Waals surface area contributed by atoms with Gasteiger partial charge in [0.15, 0.2) is 0 Å². The lowest BCUT2D eigenvalue weighted by molar-refractivity contribution is 0.482. The van der Waals surface area contributed by atoms with Gasteiger partial charge in [0.05, 0.1) is 11.1 Å². The third kappa shape index (κ3) is 2.92. The minimum absolute atomic E-state index is 0.0338. The van der Waals surface area contributed by atoms with Crippen LogP contribution in [0.15, 0.2) is 71.8 Å². The van der Waals surface area contributed by atoms with E-state index in [1.165, 1.54) is 0 Å². The quantitative estimate of drug-likeness (QED) is 0.575. The van der Waals surface area contributed by atoms with Crippen molar-refractivity contribution < 1.29 is 5.11 Å². The normalized spacial score (nSPS) is 11.1. The molecule has 0 radical (unpaired) electrons. The minimum atomic E-state index is -0.342. The topological polar surface area (TPSA) is 58.0 Å². The molecule has 0 spiro atoms. The fourth-order valence-electron chi connectivity index (χ4n) is 3.03. The molecule has 2 N–H and O–H groups in total. The molecule has 2 heterocycles. The lowest BCUT2D eigenvalue weighted by Gasteiger charge is -2.10. The van der Waals surface area contributed by atoms with Gasteiger partial charge in [-0.2, -0.15) is 0 Å². The van der Waals surface area contributed by atoms with Gasteiger partial charge in [0, 0.05) is 29.3 Å². The first kappa shape index (κ1) is 15.5. The highest BCUT2D eigenvalue weighted by molar-refractivity contribution is 6.31. The second kappa shape index (κ2) is 6.15. The fourth-order valence-corrected chi connectivity index (χ4v) is 3.20. The van der Waals surface area contributed by atoms with Crippen LogP contribution < -0.4 is 5.56 Å². The molecule has 0 saturated carbocycles. The van der Waals surface area contributed by atoms with E-state index >= 15 is 0 Å². The first-order valence-corrected chi connectivity index (χ1v) is 8.24.